The van der Waals surface area contributed by atoms with Crippen LogP contribution in [0.5, 0.6) is 11.5 Å². The Morgan fingerprint density at radius 2 is 1.94 bits per heavy atom. The van der Waals surface area contributed by atoms with Crippen molar-refractivity contribution < 1.29 is 14.3 Å². The van der Waals surface area contributed by atoms with Gasteiger partial charge in [-0.25, -0.2) is 0 Å². The van der Waals surface area contributed by atoms with E-state index in [1.807, 2.05) is 0 Å². The molecule has 1 aliphatic rings. The molecule has 0 fully saturated rings. The van der Waals surface area contributed by atoms with E-state index in [2.05, 4.69) is 45.9 Å². The summed E-state index contributed by atoms with van der Waals surface area (Å²) in [4.78, 5) is 16.2. The first-order valence-corrected chi connectivity index (χ1v) is 11.3. The van der Waals surface area contributed by atoms with Crippen LogP contribution in [0.4, 0.5) is 5.69 Å². The van der Waals surface area contributed by atoms with Gasteiger partial charge < -0.3 is 14.8 Å². The highest BCUT2D eigenvalue weighted by Gasteiger charge is 2.31. The number of ether oxygens (including phenoxy) is 2. The van der Waals surface area contributed by atoms with Crippen molar-refractivity contribution >= 4 is 22.9 Å². The van der Waals surface area contributed by atoms with Gasteiger partial charge in [0.15, 0.2) is 11.5 Å². The third-order valence-corrected chi connectivity index (χ3v) is 6.63. The Morgan fingerprint density at radius 1 is 1.19 bits per heavy atom. The van der Waals surface area contributed by atoms with Crippen LogP contribution in [0, 0.1) is 11.3 Å². The zero-order valence-electron chi connectivity index (χ0n) is 18.1. The van der Waals surface area contributed by atoms with E-state index in [4.69, 9.17) is 14.7 Å². The summed E-state index contributed by atoms with van der Waals surface area (Å²) in [7, 11) is 3.31. The van der Waals surface area contributed by atoms with Crippen LogP contribution in [0.1, 0.15) is 34.0 Å². The zero-order chi connectivity index (χ0) is 22.5. The fraction of sp³-hybridized carbons (Fsp3) is 0.280. The quantitative estimate of drug-likeness (QED) is 0.572. The van der Waals surface area contributed by atoms with E-state index >= 15 is 0 Å². The molecule has 6 nitrogen and oxygen atoms in total. The molecule has 1 N–H and O–H groups in total. The summed E-state index contributed by atoms with van der Waals surface area (Å²) in [6, 6.07) is 17.4. The lowest BCUT2D eigenvalue weighted by molar-refractivity contribution is -0.116. The second-order valence-corrected chi connectivity index (χ2v) is 8.58. The maximum Gasteiger partial charge on any atom is 0.225 e. The number of nitrogens with zero attached hydrogens (tertiary/aromatic N) is 2. The summed E-state index contributed by atoms with van der Waals surface area (Å²) in [6.45, 7) is 1.49. The molecule has 1 amide bonds. The average Bonchev–Trinajstić information content (AvgIpc) is 3.36. The monoisotopic (exact) mass is 447 g/mol. The van der Waals surface area contributed by atoms with Crippen molar-refractivity contribution in [2.45, 2.75) is 18.9 Å². The van der Waals surface area contributed by atoms with Gasteiger partial charge in [0.1, 0.15) is 0 Å². The van der Waals surface area contributed by atoms with Crippen molar-refractivity contribution in [3.05, 3.63) is 75.5 Å². The van der Waals surface area contributed by atoms with Gasteiger partial charge in [-0.1, -0.05) is 6.07 Å². The number of amides is 1. The fourth-order valence-electron chi connectivity index (χ4n) is 4.12. The molecule has 0 saturated carbocycles. The van der Waals surface area contributed by atoms with Gasteiger partial charge in [0.2, 0.25) is 5.91 Å². The molecule has 0 spiro atoms. The van der Waals surface area contributed by atoms with E-state index in [0.717, 1.165) is 18.7 Å². The number of fused-ring (bicyclic) bond motifs is 1. The molecule has 1 aromatic heterocycles. The molecule has 1 unspecified atom stereocenters. The maximum absolute atomic E-state index is 12.6. The van der Waals surface area contributed by atoms with Gasteiger partial charge in [-0.2, -0.15) is 5.26 Å². The van der Waals surface area contributed by atoms with Crippen molar-refractivity contribution in [1.82, 2.24) is 4.90 Å². The molecule has 7 heteroatoms. The van der Waals surface area contributed by atoms with Crippen LogP contribution < -0.4 is 14.8 Å². The summed E-state index contributed by atoms with van der Waals surface area (Å²) in [5.41, 5.74) is 3.72. The molecule has 0 bridgehead atoms. The second kappa shape index (κ2) is 9.86. The van der Waals surface area contributed by atoms with E-state index in [1.54, 1.807) is 49.8 Å². The Morgan fingerprint density at radius 3 is 2.59 bits per heavy atom. The Kier molecular flexibility index (Phi) is 6.74. The van der Waals surface area contributed by atoms with Gasteiger partial charge in [0.05, 0.1) is 31.9 Å². The first kappa shape index (κ1) is 21.9. The topological polar surface area (TPSA) is 74.6 Å². The minimum atomic E-state index is -0.0438. The van der Waals surface area contributed by atoms with Crippen molar-refractivity contribution in [2.75, 3.05) is 32.6 Å². The summed E-state index contributed by atoms with van der Waals surface area (Å²) >= 11 is 1.72. The molecule has 0 saturated heterocycles. The van der Waals surface area contributed by atoms with E-state index < -0.39 is 0 Å². The Bertz CT molecular complexity index is 1120. The highest BCUT2D eigenvalue weighted by molar-refractivity contribution is 7.10. The van der Waals surface area contributed by atoms with E-state index in [0.29, 0.717) is 30.0 Å². The summed E-state index contributed by atoms with van der Waals surface area (Å²) in [5.74, 6) is 1.41. The first-order valence-electron chi connectivity index (χ1n) is 10.4. The minimum absolute atomic E-state index is 0.0438. The summed E-state index contributed by atoms with van der Waals surface area (Å²) in [5, 5.41) is 13.9. The van der Waals surface area contributed by atoms with E-state index in [-0.39, 0.29) is 11.9 Å². The minimum Gasteiger partial charge on any atom is -0.493 e. The molecule has 164 valence electrons. The normalized spacial score (nSPS) is 15.5. The zero-order valence-corrected chi connectivity index (χ0v) is 18.9. The van der Waals surface area contributed by atoms with Gasteiger partial charge in [-0.15, -0.1) is 11.3 Å². The van der Waals surface area contributed by atoms with Crippen molar-refractivity contribution in [2.24, 2.45) is 0 Å². The highest BCUT2D eigenvalue weighted by atomic mass is 32.1. The van der Waals surface area contributed by atoms with Crippen LogP contribution in [0.25, 0.3) is 0 Å². The molecule has 1 atom stereocenters. The smallest absolute Gasteiger partial charge is 0.225 e. The lowest BCUT2D eigenvalue weighted by atomic mass is 9.90. The Labute approximate surface area is 192 Å². The molecule has 0 radical (unpaired) electrons. The fourth-order valence-corrected chi connectivity index (χ4v) is 4.99. The number of hydrogen-bond acceptors (Lipinski definition) is 6. The van der Waals surface area contributed by atoms with Gasteiger partial charge in [-0.05, 0) is 65.4 Å². The largest absolute Gasteiger partial charge is 0.493 e. The molecule has 2 aromatic carbocycles. The molecule has 2 heterocycles. The van der Waals surface area contributed by atoms with Gasteiger partial charge in [0.25, 0.3) is 0 Å². The summed E-state index contributed by atoms with van der Waals surface area (Å²) in [6.07, 6.45) is 1.26. The lowest BCUT2D eigenvalue weighted by Gasteiger charge is -2.37. The highest BCUT2D eigenvalue weighted by Crippen LogP contribution is 2.42. The van der Waals surface area contributed by atoms with Crippen LogP contribution in [-0.4, -0.2) is 38.1 Å². The predicted molar refractivity (Wildman–Crippen MR) is 125 cm³/mol. The van der Waals surface area contributed by atoms with Gasteiger partial charge in [-0.3, -0.25) is 9.69 Å². The third-order valence-electron chi connectivity index (χ3n) is 5.71. The van der Waals surface area contributed by atoms with Crippen molar-refractivity contribution in [1.29, 1.82) is 5.26 Å². The number of methoxy groups -OCH3 is 2. The van der Waals surface area contributed by atoms with Crippen molar-refractivity contribution in [3.63, 3.8) is 0 Å². The average molecular weight is 448 g/mol. The molecular weight excluding hydrogens is 422 g/mol. The molecular formula is C25H25N3O3S. The van der Waals surface area contributed by atoms with Crippen LogP contribution in [0.2, 0.25) is 0 Å². The number of benzene rings is 2. The SMILES string of the molecule is COc1cc2c(cc1OC)C(c1cccs1)N(CCC(=O)Nc1ccc(C#N)cc1)CC2. The number of hydrogen-bond donors (Lipinski definition) is 1. The van der Waals surface area contributed by atoms with Crippen molar-refractivity contribution in [3.8, 4) is 17.6 Å². The number of carbonyl (C=O) groups excluding carboxylic acids is 1. The number of carbonyl (C=O) groups is 1. The van der Waals surface area contributed by atoms with Crippen LogP contribution in [0.15, 0.2) is 53.9 Å². The summed E-state index contributed by atoms with van der Waals surface area (Å²) < 4.78 is 11.1. The maximum atomic E-state index is 12.6. The second-order valence-electron chi connectivity index (χ2n) is 7.60. The van der Waals surface area contributed by atoms with Crippen LogP contribution in [-0.2, 0) is 11.2 Å². The Balaban J connectivity index is 1.52. The molecule has 1 aliphatic heterocycles. The van der Waals surface area contributed by atoms with E-state index in [1.165, 1.54) is 16.0 Å². The van der Waals surface area contributed by atoms with E-state index in [9.17, 15) is 4.79 Å². The Hall–Kier alpha value is -3.34. The van der Waals surface area contributed by atoms with Gasteiger partial charge >= 0.3 is 0 Å². The number of nitrogens with one attached hydrogen (secondary N) is 1. The van der Waals surface area contributed by atoms with Gasteiger partial charge in [0, 0.05) is 30.1 Å². The van der Waals surface area contributed by atoms with Crippen LogP contribution >= 0.6 is 11.3 Å². The number of thiophene rings is 1. The molecule has 4 rings (SSSR count). The predicted octanol–water partition coefficient (Wildman–Crippen LogP) is 4.61. The lowest BCUT2D eigenvalue weighted by Crippen LogP contribution is -2.37. The molecule has 3 aromatic rings. The molecule has 0 aliphatic carbocycles. The van der Waals surface area contributed by atoms with Crippen LogP contribution in [0.3, 0.4) is 0 Å². The number of rotatable bonds is 7. The third kappa shape index (κ3) is 4.62. The number of anilines is 1. The standard InChI is InChI=1S/C25H25N3O3S/c1-30-21-14-18-9-11-28(12-10-24(29)27-19-7-5-17(16-26)6-8-19)25(23-4-3-13-32-23)20(18)15-22(21)31-2/h3-8,13-15,25H,9-12H2,1-2H3,(H,27,29). The molecule has 32 heavy (non-hydrogen) atoms. The first-order chi connectivity index (χ1) is 15.6. The number of nitriles is 1.